The lowest BCUT2D eigenvalue weighted by Gasteiger charge is -2.12. The Labute approximate surface area is 119 Å². The number of aromatic hydroxyl groups is 1. The van der Waals surface area contributed by atoms with E-state index in [0.717, 1.165) is 10.2 Å². The molecule has 1 heterocycles. The van der Waals surface area contributed by atoms with Crippen molar-refractivity contribution in [3.8, 4) is 5.75 Å². The molecule has 0 spiro atoms. The fourth-order valence-corrected chi connectivity index (χ4v) is 1.64. The Morgan fingerprint density at radius 1 is 1.16 bits per heavy atom. The zero-order valence-corrected chi connectivity index (χ0v) is 12.2. The summed E-state index contributed by atoms with van der Waals surface area (Å²) in [7, 11) is 3.81. The van der Waals surface area contributed by atoms with Crippen molar-refractivity contribution in [2.24, 2.45) is 10.2 Å². The molecule has 6 heteroatoms. The molecule has 0 bridgehead atoms. The SMILES string of the molecule is CN(C)c1ccc(/N=N/c2ccc(Br)cn2)c(O)c1. The standard InChI is InChI=1S/C13H13BrN4O/c1-18(2)10-4-5-11(12(19)7-10)16-17-13-6-3-9(14)8-15-13/h3-8,19H,1-2H3/b17-16+. The molecule has 1 N–H and O–H groups in total. The van der Waals surface area contributed by atoms with Gasteiger partial charge in [-0.15, -0.1) is 10.2 Å². The summed E-state index contributed by atoms with van der Waals surface area (Å²) < 4.78 is 0.879. The van der Waals surface area contributed by atoms with Crippen LogP contribution >= 0.6 is 15.9 Å². The van der Waals surface area contributed by atoms with Gasteiger partial charge in [-0.05, 0) is 40.2 Å². The molecule has 0 radical (unpaired) electrons. The predicted molar refractivity (Wildman–Crippen MR) is 78.5 cm³/mol. The van der Waals surface area contributed by atoms with Crippen molar-refractivity contribution in [3.63, 3.8) is 0 Å². The van der Waals surface area contributed by atoms with Gasteiger partial charge in [0, 0.05) is 36.5 Å². The number of pyridine rings is 1. The minimum absolute atomic E-state index is 0.0899. The lowest BCUT2D eigenvalue weighted by Crippen LogP contribution is -2.07. The van der Waals surface area contributed by atoms with Crippen LogP contribution in [-0.4, -0.2) is 24.2 Å². The molecule has 0 atom stereocenters. The first-order chi connectivity index (χ1) is 9.06. The molecule has 0 unspecified atom stereocenters. The van der Waals surface area contributed by atoms with Gasteiger partial charge in [0.2, 0.25) is 0 Å². The molecule has 0 aliphatic carbocycles. The predicted octanol–water partition coefficient (Wildman–Crippen LogP) is 4.03. The number of hydrogen-bond acceptors (Lipinski definition) is 5. The van der Waals surface area contributed by atoms with E-state index in [-0.39, 0.29) is 5.75 Å². The van der Waals surface area contributed by atoms with Crippen LogP contribution in [-0.2, 0) is 0 Å². The van der Waals surface area contributed by atoms with Crippen molar-refractivity contribution in [2.45, 2.75) is 0 Å². The van der Waals surface area contributed by atoms with Gasteiger partial charge < -0.3 is 10.0 Å². The fraction of sp³-hybridized carbons (Fsp3) is 0.154. The van der Waals surface area contributed by atoms with Gasteiger partial charge in [-0.1, -0.05) is 0 Å². The second-order valence-electron chi connectivity index (χ2n) is 4.10. The van der Waals surface area contributed by atoms with E-state index >= 15 is 0 Å². The second kappa shape index (κ2) is 5.79. The summed E-state index contributed by atoms with van der Waals surface area (Å²) in [5.74, 6) is 0.575. The van der Waals surface area contributed by atoms with Crippen molar-refractivity contribution in [3.05, 3.63) is 41.0 Å². The number of nitrogens with zero attached hydrogens (tertiary/aromatic N) is 4. The van der Waals surface area contributed by atoms with E-state index in [4.69, 9.17) is 0 Å². The highest BCUT2D eigenvalue weighted by molar-refractivity contribution is 9.10. The van der Waals surface area contributed by atoms with E-state index in [1.54, 1.807) is 24.4 Å². The number of phenols is 1. The summed E-state index contributed by atoms with van der Waals surface area (Å²) in [6.45, 7) is 0. The van der Waals surface area contributed by atoms with E-state index < -0.39 is 0 Å². The third-order valence-electron chi connectivity index (χ3n) is 2.45. The van der Waals surface area contributed by atoms with Crippen molar-refractivity contribution < 1.29 is 5.11 Å². The lowest BCUT2D eigenvalue weighted by molar-refractivity contribution is 0.476. The zero-order valence-electron chi connectivity index (χ0n) is 10.6. The Morgan fingerprint density at radius 3 is 2.53 bits per heavy atom. The summed E-state index contributed by atoms with van der Waals surface area (Å²) in [6.07, 6.45) is 1.64. The maximum absolute atomic E-state index is 9.85. The van der Waals surface area contributed by atoms with Crippen LogP contribution in [0.4, 0.5) is 17.2 Å². The molecule has 2 aromatic rings. The summed E-state index contributed by atoms with van der Waals surface area (Å²) in [5, 5.41) is 17.8. The second-order valence-corrected chi connectivity index (χ2v) is 5.02. The maximum atomic E-state index is 9.85. The van der Waals surface area contributed by atoms with Crippen molar-refractivity contribution >= 4 is 33.1 Å². The van der Waals surface area contributed by atoms with Crippen molar-refractivity contribution in [1.29, 1.82) is 0 Å². The fourth-order valence-electron chi connectivity index (χ4n) is 1.41. The molecular weight excluding hydrogens is 308 g/mol. The largest absolute Gasteiger partial charge is 0.506 e. The molecule has 2 rings (SSSR count). The van der Waals surface area contributed by atoms with Gasteiger partial charge in [-0.25, -0.2) is 4.98 Å². The highest BCUT2D eigenvalue weighted by Gasteiger charge is 2.03. The van der Waals surface area contributed by atoms with Crippen LogP contribution in [0.2, 0.25) is 0 Å². The first-order valence-electron chi connectivity index (χ1n) is 5.60. The number of hydrogen-bond donors (Lipinski definition) is 1. The molecule has 0 fully saturated rings. The maximum Gasteiger partial charge on any atom is 0.174 e. The summed E-state index contributed by atoms with van der Waals surface area (Å²) in [5.41, 5.74) is 1.31. The third kappa shape index (κ3) is 3.51. The third-order valence-corrected chi connectivity index (χ3v) is 2.92. The summed E-state index contributed by atoms with van der Waals surface area (Å²) in [4.78, 5) is 5.97. The average molecular weight is 321 g/mol. The number of rotatable bonds is 3. The highest BCUT2D eigenvalue weighted by Crippen LogP contribution is 2.31. The van der Waals surface area contributed by atoms with Crippen LogP contribution in [0.3, 0.4) is 0 Å². The monoisotopic (exact) mass is 320 g/mol. The Balaban J connectivity index is 2.21. The molecule has 0 aliphatic rings. The molecular formula is C13H13BrN4O. The molecule has 1 aromatic carbocycles. The summed E-state index contributed by atoms with van der Waals surface area (Å²) >= 11 is 3.30. The zero-order chi connectivity index (χ0) is 13.8. The van der Waals surface area contributed by atoms with Gasteiger partial charge in [0.25, 0.3) is 0 Å². The number of benzene rings is 1. The van der Waals surface area contributed by atoms with Crippen LogP contribution in [0.15, 0.2) is 51.2 Å². The van der Waals surface area contributed by atoms with E-state index in [1.807, 2.05) is 31.1 Å². The van der Waals surface area contributed by atoms with Crippen molar-refractivity contribution in [2.75, 3.05) is 19.0 Å². The topological polar surface area (TPSA) is 61.1 Å². The molecule has 5 nitrogen and oxygen atoms in total. The molecule has 0 saturated heterocycles. The number of anilines is 1. The molecule has 0 aliphatic heterocycles. The van der Waals surface area contributed by atoms with Gasteiger partial charge in [0.05, 0.1) is 0 Å². The Hall–Kier alpha value is -1.95. The Morgan fingerprint density at radius 2 is 1.95 bits per heavy atom. The minimum atomic E-state index is 0.0899. The molecule has 0 saturated carbocycles. The van der Waals surface area contributed by atoms with Gasteiger partial charge >= 0.3 is 0 Å². The molecule has 1 aromatic heterocycles. The highest BCUT2D eigenvalue weighted by atomic mass is 79.9. The Bertz CT molecular complexity index is 596. The number of azo groups is 1. The van der Waals surface area contributed by atoms with Crippen LogP contribution in [0.5, 0.6) is 5.75 Å². The Kier molecular flexibility index (Phi) is 4.11. The number of halogens is 1. The minimum Gasteiger partial charge on any atom is -0.506 e. The van der Waals surface area contributed by atoms with Gasteiger partial charge in [0.1, 0.15) is 11.4 Å². The van der Waals surface area contributed by atoms with Crippen LogP contribution < -0.4 is 4.90 Å². The van der Waals surface area contributed by atoms with E-state index in [9.17, 15) is 5.11 Å². The lowest BCUT2D eigenvalue weighted by atomic mass is 10.2. The van der Waals surface area contributed by atoms with Gasteiger partial charge in [-0.3, -0.25) is 0 Å². The van der Waals surface area contributed by atoms with Crippen LogP contribution in [0.25, 0.3) is 0 Å². The summed E-state index contributed by atoms with van der Waals surface area (Å²) in [6, 6.07) is 8.79. The van der Waals surface area contributed by atoms with Crippen molar-refractivity contribution in [1.82, 2.24) is 4.98 Å². The molecule has 19 heavy (non-hydrogen) atoms. The van der Waals surface area contributed by atoms with Gasteiger partial charge in [0.15, 0.2) is 5.82 Å². The van der Waals surface area contributed by atoms with E-state index in [0.29, 0.717) is 11.5 Å². The van der Waals surface area contributed by atoms with Crippen LogP contribution in [0, 0.1) is 0 Å². The smallest absolute Gasteiger partial charge is 0.174 e. The number of phenolic OH excluding ortho intramolecular Hbond substituents is 1. The molecule has 0 amide bonds. The molecule has 98 valence electrons. The van der Waals surface area contributed by atoms with E-state index in [2.05, 4.69) is 31.1 Å². The van der Waals surface area contributed by atoms with Crippen LogP contribution in [0.1, 0.15) is 0 Å². The first kappa shape index (κ1) is 13.5. The average Bonchev–Trinajstić information content (AvgIpc) is 2.39. The van der Waals surface area contributed by atoms with E-state index in [1.165, 1.54) is 0 Å². The number of aromatic nitrogens is 1. The quantitative estimate of drug-likeness (QED) is 0.868. The van der Waals surface area contributed by atoms with Gasteiger partial charge in [-0.2, -0.15) is 0 Å². The normalized spacial score (nSPS) is 10.9. The first-order valence-corrected chi connectivity index (χ1v) is 6.39.